The molecule has 0 spiro atoms. The Balaban J connectivity index is 2.13. The lowest BCUT2D eigenvalue weighted by atomic mass is 9.70. The summed E-state index contributed by atoms with van der Waals surface area (Å²) in [4.78, 5) is 0. The van der Waals surface area contributed by atoms with Crippen LogP contribution in [0.4, 0.5) is 0 Å². The summed E-state index contributed by atoms with van der Waals surface area (Å²) in [6, 6.07) is 6.31. The molecule has 2 aromatic rings. The molecule has 0 N–H and O–H groups in total. The maximum absolute atomic E-state index is 6.30. The van der Waals surface area contributed by atoms with E-state index in [1.165, 1.54) is 11.1 Å². The molecule has 2 aliphatic heterocycles. The van der Waals surface area contributed by atoms with Crippen molar-refractivity contribution in [2.75, 3.05) is 0 Å². The van der Waals surface area contributed by atoms with Crippen LogP contribution >= 0.6 is 0 Å². The van der Waals surface area contributed by atoms with E-state index in [4.69, 9.17) is 9.15 Å². The molecule has 1 aromatic carbocycles. The van der Waals surface area contributed by atoms with E-state index >= 15 is 0 Å². The number of hydrogen-bond donors (Lipinski definition) is 0. The lowest BCUT2D eigenvalue weighted by molar-refractivity contribution is -0.0749. The Kier molecular flexibility index (Phi) is 1.67. The van der Waals surface area contributed by atoms with E-state index in [1.54, 1.807) is 6.26 Å². The lowest BCUT2D eigenvalue weighted by Crippen LogP contribution is -2.36. The third-order valence-corrected chi connectivity index (χ3v) is 4.26. The topological polar surface area (TPSA) is 22.4 Å². The highest BCUT2D eigenvalue weighted by Crippen LogP contribution is 2.59. The highest BCUT2D eigenvalue weighted by atomic mass is 16.5. The van der Waals surface area contributed by atoms with E-state index in [0.29, 0.717) is 0 Å². The summed E-state index contributed by atoms with van der Waals surface area (Å²) in [5.41, 5.74) is 3.13. The van der Waals surface area contributed by atoms with Crippen LogP contribution in [-0.4, -0.2) is 0 Å². The molecule has 0 saturated carbocycles. The van der Waals surface area contributed by atoms with Crippen LogP contribution in [0.3, 0.4) is 0 Å². The summed E-state index contributed by atoms with van der Waals surface area (Å²) in [5, 5.41) is 1.15. The average Bonchev–Trinajstić information content (AvgIpc) is 3.01. The SMILES string of the molecule is CC(C)(C)C12C=CC(O1)c1ccc3ccoc3c12. The van der Waals surface area contributed by atoms with Crippen molar-refractivity contribution in [2.24, 2.45) is 5.41 Å². The van der Waals surface area contributed by atoms with Gasteiger partial charge in [-0.2, -0.15) is 0 Å². The van der Waals surface area contributed by atoms with Gasteiger partial charge in [-0.05, 0) is 23.1 Å². The molecule has 2 bridgehead atoms. The van der Waals surface area contributed by atoms with Crippen molar-refractivity contribution >= 4 is 11.0 Å². The van der Waals surface area contributed by atoms with Crippen molar-refractivity contribution < 1.29 is 9.15 Å². The predicted molar refractivity (Wildman–Crippen MR) is 70.3 cm³/mol. The van der Waals surface area contributed by atoms with Crippen molar-refractivity contribution in [3.05, 3.63) is 47.7 Å². The van der Waals surface area contributed by atoms with Crippen LogP contribution in [0.5, 0.6) is 0 Å². The minimum absolute atomic E-state index is 0.00454. The molecular formula is C16H16O2. The molecule has 1 aromatic heterocycles. The normalized spacial score (nSPS) is 29.2. The number of furan rings is 1. The fraction of sp³-hybridized carbons (Fsp3) is 0.375. The van der Waals surface area contributed by atoms with Crippen LogP contribution in [0.1, 0.15) is 38.0 Å². The first-order valence-corrected chi connectivity index (χ1v) is 6.41. The molecule has 0 fully saturated rings. The second-order valence-corrected chi connectivity index (χ2v) is 6.25. The smallest absolute Gasteiger partial charge is 0.140 e. The molecule has 2 aliphatic rings. The highest BCUT2D eigenvalue weighted by Gasteiger charge is 2.55. The van der Waals surface area contributed by atoms with Crippen molar-refractivity contribution in [3.8, 4) is 0 Å². The molecule has 0 aliphatic carbocycles. The zero-order valence-corrected chi connectivity index (χ0v) is 10.9. The molecule has 2 atom stereocenters. The number of fused-ring (bicyclic) bond motifs is 7. The Morgan fingerprint density at radius 2 is 2.00 bits per heavy atom. The predicted octanol–water partition coefficient (Wildman–Crippen LogP) is 4.32. The van der Waals surface area contributed by atoms with Gasteiger partial charge in [-0.3, -0.25) is 0 Å². The maximum atomic E-state index is 6.30. The van der Waals surface area contributed by atoms with Gasteiger partial charge in [-0.25, -0.2) is 0 Å². The van der Waals surface area contributed by atoms with Gasteiger partial charge in [0.05, 0.1) is 6.26 Å². The van der Waals surface area contributed by atoms with Gasteiger partial charge in [0, 0.05) is 10.9 Å². The van der Waals surface area contributed by atoms with Crippen LogP contribution in [0.25, 0.3) is 11.0 Å². The lowest BCUT2D eigenvalue weighted by Gasteiger charge is -2.37. The first-order valence-electron chi connectivity index (χ1n) is 6.41. The Bertz CT molecular complexity index is 672. The molecule has 0 saturated heterocycles. The highest BCUT2D eigenvalue weighted by molar-refractivity contribution is 5.84. The van der Waals surface area contributed by atoms with E-state index in [1.807, 2.05) is 6.07 Å². The first-order chi connectivity index (χ1) is 8.53. The van der Waals surface area contributed by atoms with Crippen molar-refractivity contribution in [1.29, 1.82) is 0 Å². The van der Waals surface area contributed by atoms with E-state index in [9.17, 15) is 0 Å². The Morgan fingerprint density at radius 3 is 2.78 bits per heavy atom. The van der Waals surface area contributed by atoms with E-state index in [0.717, 1.165) is 11.0 Å². The average molecular weight is 240 g/mol. The second kappa shape index (κ2) is 2.89. The van der Waals surface area contributed by atoms with Crippen LogP contribution in [0.15, 0.2) is 41.0 Å². The Hall–Kier alpha value is -1.54. The van der Waals surface area contributed by atoms with Crippen molar-refractivity contribution in [3.63, 3.8) is 0 Å². The van der Waals surface area contributed by atoms with Gasteiger partial charge < -0.3 is 9.15 Å². The molecule has 0 radical (unpaired) electrons. The van der Waals surface area contributed by atoms with E-state index in [-0.39, 0.29) is 17.1 Å². The third kappa shape index (κ3) is 0.989. The summed E-state index contributed by atoms with van der Waals surface area (Å²) in [6.07, 6.45) is 6.23. The van der Waals surface area contributed by atoms with Gasteiger partial charge in [0.2, 0.25) is 0 Å². The van der Waals surface area contributed by atoms with Gasteiger partial charge in [-0.15, -0.1) is 0 Å². The van der Waals surface area contributed by atoms with Crippen molar-refractivity contribution in [1.82, 2.24) is 0 Å². The molecule has 2 nitrogen and oxygen atoms in total. The molecule has 2 unspecified atom stereocenters. The molecule has 92 valence electrons. The van der Waals surface area contributed by atoms with Gasteiger partial charge >= 0.3 is 0 Å². The van der Waals surface area contributed by atoms with E-state index in [2.05, 4.69) is 45.1 Å². The monoisotopic (exact) mass is 240 g/mol. The summed E-state index contributed by atoms with van der Waals surface area (Å²) in [6.45, 7) is 6.66. The van der Waals surface area contributed by atoms with Gasteiger partial charge in [0.15, 0.2) is 0 Å². The maximum Gasteiger partial charge on any atom is 0.140 e. The number of benzene rings is 1. The van der Waals surface area contributed by atoms with Crippen LogP contribution in [0.2, 0.25) is 0 Å². The van der Waals surface area contributed by atoms with Crippen molar-refractivity contribution in [2.45, 2.75) is 32.5 Å². The number of rotatable bonds is 0. The van der Waals surface area contributed by atoms with Gasteiger partial charge in [0.25, 0.3) is 0 Å². The minimum atomic E-state index is -0.343. The number of hydrogen-bond acceptors (Lipinski definition) is 2. The summed E-state index contributed by atoms with van der Waals surface area (Å²) in [7, 11) is 0. The third-order valence-electron chi connectivity index (χ3n) is 4.26. The largest absolute Gasteiger partial charge is 0.464 e. The zero-order chi connectivity index (χ0) is 12.5. The molecule has 18 heavy (non-hydrogen) atoms. The van der Waals surface area contributed by atoms with Gasteiger partial charge in [-0.1, -0.05) is 39.0 Å². The zero-order valence-electron chi connectivity index (χ0n) is 10.9. The fourth-order valence-electron chi connectivity index (χ4n) is 3.28. The molecule has 2 heteroatoms. The molecule has 4 rings (SSSR count). The minimum Gasteiger partial charge on any atom is -0.464 e. The molecule has 3 heterocycles. The molecule has 0 amide bonds. The quantitative estimate of drug-likeness (QED) is 0.640. The second-order valence-electron chi connectivity index (χ2n) is 6.25. The Labute approximate surface area is 106 Å². The standard InChI is InChI=1S/C16H16O2/c1-15(2,3)16-8-6-12(18-16)11-5-4-10-7-9-17-14(10)13(11)16/h4-9,12H,1-3H3. The van der Waals surface area contributed by atoms with E-state index < -0.39 is 0 Å². The van der Waals surface area contributed by atoms with Gasteiger partial charge in [0.1, 0.15) is 17.3 Å². The van der Waals surface area contributed by atoms with Crippen LogP contribution in [0, 0.1) is 5.41 Å². The first kappa shape index (κ1) is 10.4. The van der Waals surface area contributed by atoms with Crippen LogP contribution < -0.4 is 0 Å². The summed E-state index contributed by atoms with van der Waals surface area (Å²) in [5.74, 6) is 0. The van der Waals surface area contributed by atoms with Crippen LogP contribution in [-0.2, 0) is 10.3 Å². The summed E-state index contributed by atoms with van der Waals surface area (Å²) >= 11 is 0. The fourth-order valence-corrected chi connectivity index (χ4v) is 3.28. The Morgan fingerprint density at radius 1 is 1.17 bits per heavy atom. The number of ether oxygens (including phenoxy) is 1. The summed E-state index contributed by atoms with van der Waals surface area (Å²) < 4.78 is 12.0. The molecular weight excluding hydrogens is 224 g/mol.